The zero-order chi connectivity index (χ0) is 14.9. The highest BCUT2D eigenvalue weighted by atomic mass is 15.3. The van der Waals surface area contributed by atoms with Crippen LogP contribution in [-0.2, 0) is 0 Å². The monoisotopic (exact) mass is 292 g/mol. The van der Waals surface area contributed by atoms with Gasteiger partial charge in [-0.1, -0.05) is 46.0 Å². The Bertz CT molecular complexity index is 332. The van der Waals surface area contributed by atoms with Gasteiger partial charge in [-0.2, -0.15) is 0 Å². The molecule has 1 spiro atoms. The number of nitrogens with zero attached hydrogens (tertiary/aromatic N) is 1. The third-order valence-electron chi connectivity index (χ3n) is 6.70. The van der Waals surface area contributed by atoms with Gasteiger partial charge in [0.2, 0.25) is 0 Å². The van der Waals surface area contributed by atoms with E-state index in [1.807, 2.05) is 0 Å². The van der Waals surface area contributed by atoms with Crippen molar-refractivity contribution in [2.75, 3.05) is 13.1 Å². The molecule has 1 saturated heterocycles. The molecule has 1 aliphatic heterocycles. The van der Waals surface area contributed by atoms with E-state index in [0.717, 1.165) is 23.9 Å². The molecule has 0 aromatic rings. The third-order valence-corrected chi connectivity index (χ3v) is 6.70. The van der Waals surface area contributed by atoms with Crippen LogP contribution in [0.5, 0.6) is 0 Å². The molecule has 3 atom stereocenters. The Labute approximate surface area is 132 Å². The molecule has 3 rings (SSSR count). The Morgan fingerprint density at radius 1 is 1.00 bits per heavy atom. The smallest absolute Gasteiger partial charge is 0.0309 e. The molecule has 0 bridgehead atoms. The molecule has 2 nitrogen and oxygen atoms in total. The second-order valence-electron chi connectivity index (χ2n) is 8.50. The fraction of sp³-hybridized carbons (Fsp3) is 1.00. The highest BCUT2D eigenvalue weighted by Crippen LogP contribution is 2.38. The number of piperazine rings is 1. The van der Waals surface area contributed by atoms with E-state index in [1.54, 1.807) is 0 Å². The molecule has 3 unspecified atom stereocenters. The van der Waals surface area contributed by atoms with Crippen molar-refractivity contribution in [1.29, 1.82) is 0 Å². The zero-order valence-corrected chi connectivity index (χ0v) is 14.5. The van der Waals surface area contributed by atoms with Gasteiger partial charge in [-0.25, -0.2) is 0 Å². The van der Waals surface area contributed by atoms with Crippen LogP contribution < -0.4 is 5.32 Å². The third kappa shape index (κ3) is 3.32. The van der Waals surface area contributed by atoms with Crippen molar-refractivity contribution >= 4 is 0 Å². The van der Waals surface area contributed by atoms with Crippen LogP contribution in [-0.4, -0.2) is 35.6 Å². The summed E-state index contributed by atoms with van der Waals surface area (Å²) in [6.45, 7) is 9.89. The fourth-order valence-corrected chi connectivity index (χ4v) is 5.38. The maximum absolute atomic E-state index is 3.96. The average molecular weight is 293 g/mol. The van der Waals surface area contributed by atoms with Gasteiger partial charge in [0.1, 0.15) is 0 Å². The van der Waals surface area contributed by atoms with Crippen LogP contribution in [0, 0.1) is 11.8 Å². The molecule has 1 N–H and O–H groups in total. The van der Waals surface area contributed by atoms with E-state index in [1.165, 1.54) is 70.9 Å². The molecule has 2 aliphatic carbocycles. The minimum absolute atomic E-state index is 0.462. The summed E-state index contributed by atoms with van der Waals surface area (Å²) in [5, 5.41) is 3.96. The van der Waals surface area contributed by atoms with Gasteiger partial charge in [0.05, 0.1) is 0 Å². The van der Waals surface area contributed by atoms with Crippen molar-refractivity contribution in [2.24, 2.45) is 11.8 Å². The quantitative estimate of drug-likeness (QED) is 0.820. The van der Waals surface area contributed by atoms with Crippen molar-refractivity contribution in [3.63, 3.8) is 0 Å². The topological polar surface area (TPSA) is 15.3 Å². The van der Waals surface area contributed by atoms with Crippen LogP contribution in [0.25, 0.3) is 0 Å². The first-order chi connectivity index (χ1) is 10.1. The van der Waals surface area contributed by atoms with Crippen LogP contribution in [0.15, 0.2) is 0 Å². The molecule has 3 aliphatic rings. The van der Waals surface area contributed by atoms with Crippen molar-refractivity contribution in [3.8, 4) is 0 Å². The molecule has 0 aromatic heterocycles. The predicted molar refractivity (Wildman–Crippen MR) is 90.6 cm³/mol. The predicted octanol–water partition coefficient (Wildman–Crippen LogP) is 4.20. The van der Waals surface area contributed by atoms with Crippen LogP contribution in [0.4, 0.5) is 0 Å². The van der Waals surface area contributed by atoms with E-state index in [0.29, 0.717) is 5.54 Å². The van der Waals surface area contributed by atoms with Gasteiger partial charge < -0.3 is 5.32 Å². The normalized spacial score (nSPS) is 38.0. The van der Waals surface area contributed by atoms with Gasteiger partial charge in [0, 0.05) is 30.7 Å². The van der Waals surface area contributed by atoms with Gasteiger partial charge >= 0.3 is 0 Å². The molecule has 21 heavy (non-hydrogen) atoms. The average Bonchev–Trinajstić information content (AvgIpc) is 2.51. The van der Waals surface area contributed by atoms with Gasteiger partial charge in [-0.3, -0.25) is 4.90 Å². The van der Waals surface area contributed by atoms with E-state index in [4.69, 9.17) is 0 Å². The molecule has 1 heterocycles. The van der Waals surface area contributed by atoms with Crippen molar-refractivity contribution in [2.45, 2.75) is 96.2 Å². The Hall–Kier alpha value is -0.0800. The lowest BCUT2D eigenvalue weighted by Crippen LogP contribution is -2.67. The second kappa shape index (κ2) is 6.58. The summed E-state index contributed by atoms with van der Waals surface area (Å²) in [7, 11) is 0. The second-order valence-corrected chi connectivity index (χ2v) is 8.50. The molecule has 3 fully saturated rings. The summed E-state index contributed by atoms with van der Waals surface area (Å²) >= 11 is 0. The Kier molecular flexibility index (Phi) is 4.95. The Balaban J connectivity index is 1.74. The number of nitrogens with one attached hydrogen (secondary N) is 1. The fourth-order valence-electron chi connectivity index (χ4n) is 5.38. The summed E-state index contributed by atoms with van der Waals surface area (Å²) in [5.41, 5.74) is 0.462. The molecule has 122 valence electrons. The van der Waals surface area contributed by atoms with Crippen molar-refractivity contribution < 1.29 is 0 Å². The minimum Gasteiger partial charge on any atom is -0.308 e. The van der Waals surface area contributed by atoms with Crippen LogP contribution in [0.1, 0.15) is 78.6 Å². The number of rotatable bonds is 2. The summed E-state index contributed by atoms with van der Waals surface area (Å²) in [6, 6.07) is 1.58. The Morgan fingerprint density at radius 3 is 2.43 bits per heavy atom. The van der Waals surface area contributed by atoms with Gasteiger partial charge in [-0.05, 0) is 44.4 Å². The molecule has 0 aromatic carbocycles. The van der Waals surface area contributed by atoms with Crippen LogP contribution in [0.3, 0.4) is 0 Å². The summed E-state index contributed by atoms with van der Waals surface area (Å²) in [4.78, 5) is 2.94. The lowest BCUT2D eigenvalue weighted by molar-refractivity contribution is -0.0126. The zero-order valence-electron chi connectivity index (χ0n) is 14.5. The number of hydrogen-bond donors (Lipinski definition) is 1. The van der Waals surface area contributed by atoms with E-state index in [-0.39, 0.29) is 0 Å². The van der Waals surface area contributed by atoms with E-state index >= 15 is 0 Å². The standard InChI is InChI=1S/C19H36N2/c1-15(2)17-9-5-6-10-18(17)21-14-19(20-13-16(21)3)11-7-4-8-12-19/h15-18,20H,4-14H2,1-3H3. The van der Waals surface area contributed by atoms with E-state index in [9.17, 15) is 0 Å². The Morgan fingerprint density at radius 2 is 1.71 bits per heavy atom. The maximum Gasteiger partial charge on any atom is 0.0309 e. The van der Waals surface area contributed by atoms with Crippen molar-refractivity contribution in [3.05, 3.63) is 0 Å². The van der Waals surface area contributed by atoms with Crippen LogP contribution >= 0.6 is 0 Å². The molecule has 2 saturated carbocycles. The molecular formula is C19H36N2. The molecular weight excluding hydrogens is 256 g/mol. The largest absolute Gasteiger partial charge is 0.308 e. The summed E-state index contributed by atoms with van der Waals surface area (Å²) < 4.78 is 0. The SMILES string of the molecule is CC(C)C1CCCCC1N1CC2(CCCCC2)NCC1C. The van der Waals surface area contributed by atoms with Crippen molar-refractivity contribution in [1.82, 2.24) is 10.2 Å². The minimum atomic E-state index is 0.462. The lowest BCUT2D eigenvalue weighted by atomic mass is 9.74. The van der Waals surface area contributed by atoms with Gasteiger partial charge in [0.25, 0.3) is 0 Å². The summed E-state index contributed by atoms with van der Waals surface area (Å²) in [5.74, 6) is 1.78. The molecule has 0 amide bonds. The van der Waals surface area contributed by atoms with Gasteiger partial charge in [-0.15, -0.1) is 0 Å². The molecule has 2 heteroatoms. The molecule has 0 radical (unpaired) electrons. The highest BCUT2D eigenvalue weighted by molar-refractivity contribution is 5.01. The van der Waals surface area contributed by atoms with E-state index in [2.05, 4.69) is 31.0 Å². The highest BCUT2D eigenvalue weighted by Gasteiger charge is 2.43. The first-order valence-electron chi connectivity index (χ1n) is 9.62. The lowest BCUT2D eigenvalue weighted by Gasteiger charge is -2.54. The van der Waals surface area contributed by atoms with Crippen LogP contribution in [0.2, 0.25) is 0 Å². The number of hydrogen-bond acceptors (Lipinski definition) is 2. The first-order valence-corrected chi connectivity index (χ1v) is 9.62. The summed E-state index contributed by atoms with van der Waals surface area (Å²) in [6.07, 6.45) is 13.0. The maximum atomic E-state index is 3.96. The van der Waals surface area contributed by atoms with E-state index < -0.39 is 0 Å². The first kappa shape index (κ1) is 15.8. The van der Waals surface area contributed by atoms with Gasteiger partial charge in [0.15, 0.2) is 0 Å².